The summed E-state index contributed by atoms with van der Waals surface area (Å²) in [5.41, 5.74) is 1.64. The van der Waals surface area contributed by atoms with Crippen LogP contribution in [-0.2, 0) is 11.8 Å². The van der Waals surface area contributed by atoms with Crippen LogP contribution >= 0.6 is 11.3 Å². The van der Waals surface area contributed by atoms with Gasteiger partial charge in [-0.3, -0.25) is 0 Å². The van der Waals surface area contributed by atoms with E-state index in [-0.39, 0.29) is 11.5 Å². The van der Waals surface area contributed by atoms with Crippen LogP contribution in [0.3, 0.4) is 0 Å². The maximum Gasteiger partial charge on any atom is 0.0932 e. The van der Waals surface area contributed by atoms with E-state index in [4.69, 9.17) is 4.98 Å². The van der Waals surface area contributed by atoms with E-state index in [1.807, 2.05) is 0 Å². The number of aromatic nitrogens is 1. The largest absolute Gasteiger partial charge is 0.393 e. The van der Waals surface area contributed by atoms with Gasteiger partial charge in [0.2, 0.25) is 0 Å². The third-order valence-electron chi connectivity index (χ3n) is 4.92. The summed E-state index contributed by atoms with van der Waals surface area (Å²) >= 11 is 1.76. The van der Waals surface area contributed by atoms with Gasteiger partial charge >= 0.3 is 0 Å². The minimum Gasteiger partial charge on any atom is -0.393 e. The van der Waals surface area contributed by atoms with Crippen LogP contribution in [0, 0.1) is 17.3 Å². The van der Waals surface area contributed by atoms with Crippen molar-refractivity contribution in [1.82, 2.24) is 4.98 Å². The zero-order valence-electron chi connectivity index (χ0n) is 14.4. The van der Waals surface area contributed by atoms with Crippen LogP contribution < -0.4 is 0 Å². The number of thiazole rings is 1. The first-order chi connectivity index (χ1) is 9.57. The summed E-state index contributed by atoms with van der Waals surface area (Å²) in [6.45, 7) is 13.6. The monoisotopic (exact) mass is 309 g/mol. The molecule has 1 saturated carbocycles. The van der Waals surface area contributed by atoms with Crippen LogP contribution in [0.2, 0.25) is 0 Å². The zero-order valence-corrected chi connectivity index (χ0v) is 15.3. The molecule has 2 nitrogen and oxygen atoms in total. The molecule has 0 aromatic carbocycles. The molecule has 21 heavy (non-hydrogen) atoms. The quantitative estimate of drug-likeness (QED) is 0.850. The molecule has 1 heterocycles. The Balaban J connectivity index is 2.05. The minimum atomic E-state index is -0.148. The summed E-state index contributed by atoms with van der Waals surface area (Å²) in [4.78, 5) is 4.80. The van der Waals surface area contributed by atoms with Crippen LogP contribution in [0.15, 0.2) is 5.38 Å². The lowest BCUT2D eigenvalue weighted by atomic mass is 9.67. The lowest BCUT2D eigenvalue weighted by molar-refractivity contribution is 0.0196. The molecule has 1 aromatic heterocycles. The number of aliphatic hydroxyl groups excluding tert-OH is 1. The fraction of sp³-hybridized carbons (Fsp3) is 0.833. The van der Waals surface area contributed by atoms with E-state index < -0.39 is 0 Å². The van der Waals surface area contributed by atoms with Gasteiger partial charge in [0.25, 0.3) is 0 Å². The van der Waals surface area contributed by atoms with E-state index in [9.17, 15) is 5.11 Å². The first-order valence-corrected chi connectivity index (χ1v) is 9.08. The maximum absolute atomic E-state index is 10.4. The van der Waals surface area contributed by atoms with Crippen molar-refractivity contribution in [1.29, 1.82) is 0 Å². The van der Waals surface area contributed by atoms with E-state index in [1.165, 1.54) is 10.7 Å². The van der Waals surface area contributed by atoms with Gasteiger partial charge in [-0.25, -0.2) is 4.98 Å². The lowest BCUT2D eigenvalue weighted by Gasteiger charge is -2.40. The normalized spacial score (nSPS) is 27.9. The Hall–Kier alpha value is -0.410. The molecule has 0 bridgehead atoms. The number of nitrogens with zero attached hydrogens (tertiary/aromatic N) is 1. The topological polar surface area (TPSA) is 33.1 Å². The van der Waals surface area contributed by atoms with Crippen molar-refractivity contribution in [2.75, 3.05) is 0 Å². The van der Waals surface area contributed by atoms with Crippen molar-refractivity contribution in [3.63, 3.8) is 0 Å². The fourth-order valence-electron chi connectivity index (χ4n) is 3.23. The second kappa shape index (κ2) is 6.00. The number of hydrogen-bond acceptors (Lipinski definition) is 3. The van der Waals surface area contributed by atoms with Gasteiger partial charge in [-0.2, -0.15) is 0 Å². The van der Waals surface area contributed by atoms with Crippen LogP contribution in [0.1, 0.15) is 71.5 Å². The highest BCUT2D eigenvalue weighted by Crippen LogP contribution is 2.41. The molecule has 3 heteroatoms. The number of aliphatic hydroxyl groups is 1. The van der Waals surface area contributed by atoms with Crippen molar-refractivity contribution in [2.24, 2.45) is 17.3 Å². The molecule has 0 spiro atoms. The maximum atomic E-state index is 10.4. The molecule has 1 aliphatic carbocycles. The van der Waals surface area contributed by atoms with E-state index in [0.717, 1.165) is 25.7 Å². The van der Waals surface area contributed by atoms with Gasteiger partial charge in [0.15, 0.2) is 0 Å². The van der Waals surface area contributed by atoms with Gasteiger partial charge in [0, 0.05) is 17.2 Å². The third kappa shape index (κ3) is 4.29. The predicted molar refractivity (Wildman–Crippen MR) is 90.8 cm³/mol. The minimum absolute atomic E-state index is 0.119. The predicted octanol–water partition coefficient (Wildman–Crippen LogP) is 4.81. The highest BCUT2D eigenvalue weighted by molar-refractivity contribution is 7.09. The van der Waals surface area contributed by atoms with Gasteiger partial charge in [-0.1, -0.05) is 41.5 Å². The second-order valence-corrected chi connectivity index (χ2v) is 9.73. The van der Waals surface area contributed by atoms with Crippen LogP contribution in [0.4, 0.5) is 0 Å². The summed E-state index contributed by atoms with van der Waals surface area (Å²) in [5.74, 6) is 1.09. The third-order valence-corrected chi connectivity index (χ3v) is 5.80. The molecular weight excluding hydrogens is 278 g/mol. The van der Waals surface area contributed by atoms with Gasteiger partial charge in [-0.05, 0) is 36.5 Å². The highest BCUT2D eigenvalue weighted by Gasteiger charge is 2.35. The summed E-state index contributed by atoms with van der Waals surface area (Å²) in [7, 11) is 0. The number of rotatable bonds is 2. The molecule has 0 aliphatic heterocycles. The Bertz CT molecular complexity index is 466. The first-order valence-electron chi connectivity index (χ1n) is 8.20. The molecule has 0 saturated heterocycles. The average Bonchev–Trinajstić information content (AvgIpc) is 2.79. The molecule has 1 aliphatic rings. The van der Waals surface area contributed by atoms with E-state index in [0.29, 0.717) is 17.3 Å². The van der Waals surface area contributed by atoms with Crippen molar-refractivity contribution in [3.8, 4) is 0 Å². The molecule has 2 rings (SSSR count). The molecule has 1 N–H and O–H groups in total. The van der Waals surface area contributed by atoms with Crippen molar-refractivity contribution in [3.05, 3.63) is 16.1 Å². The Labute approximate surface area is 134 Å². The summed E-state index contributed by atoms with van der Waals surface area (Å²) in [6.07, 6.45) is 4.03. The standard InChI is InChI=1S/C18H31NOS/c1-17(2,3)13-7-8-14(20)12(9-13)10-16-19-15(11-21-16)18(4,5)6/h11-14,20H,7-10H2,1-6H3. The second-order valence-electron chi connectivity index (χ2n) is 8.78. The van der Waals surface area contributed by atoms with Crippen molar-refractivity contribution in [2.45, 2.75) is 78.7 Å². The smallest absolute Gasteiger partial charge is 0.0932 e. The molecule has 1 aromatic rings. The SMILES string of the molecule is CC(C)(C)c1csc(CC2CC(C(C)(C)C)CCC2O)n1. The van der Waals surface area contributed by atoms with Crippen molar-refractivity contribution >= 4 is 11.3 Å². The van der Waals surface area contributed by atoms with E-state index >= 15 is 0 Å². The zero-order chi connectivity index (χ0) is 15.8. The van der Waals surface area contributed by atoms with E-state index in [1.54, 1.807) is 11.3 Å². The van der Waals surface area contributed by atoms with Crippen LogP contribution in [-0.4, -0.2) is 16.2 Å². The molecule has 0 amide bonds. The molecule has 3 unspecified atom stereocenters. The fourth-order valence-corrected chi connectivity index (χ4v) is 4.34. The summed E-state index contributed by atoms with van der Waals surface area (Å²) in [5, 5.41) is 13.7. The van der Waals surface area contributed by atoms with Gasteiger partial charge < -0.3 is 5.11 Å². The Kier molecular flexibility index (Phi) is 4.84. The van der Waals surface area contributed by atoms with Crippen molar-refractivity contribution < 1.29 is 5.11 Å². The Morgan fingerprint density at radius 2 is 1.86 bits per heavy atom. The van der Waals surface area contributed by atoms with Gasteiger partial charge in [0.1, 0.15) is 0 Å². The van der Waals surface area contributed by atoms with Crippen LogP contribution in [0.5, 0.6) is 0 Å². The highest BCUT2D eigenvalue weighted by atomic mass is 32.1. The Morgan fingerprint density at radius 3 is 2.38 bits per heavy atom. The Morgan fingerprint density at radius 1 is 1.19 bits per heavy atom. The van der Waals surface area contributed by atoms with Gasteiger partial charge in [0.05, 0.1) is 16.8 Å². The van der Waals surface area contributed by atoms with Gasteiger partial charge in [-0.15, -0.1) is 11.3 Å². The molecule has 1 fully saturated rings. The average molecular weight is 310 g/mol. The molecule has 120 valence electrons. The summed E-state index contributed by atoms with van der Waals surface area (Å²) < 4.78 is 0. The number of hydrogen-bond donors (Lipinski definition) is 1. The molecule has 3 atom stereocenters. The lowest BCUT2D eigenvalue weighted by Crippen LogP contribution is -2.35. The van der Waals surface area contributed by atoms with E-state index in [2.05, 4.69) is 46.9 Å². The summed E-state index contributed by atoms with van der Waals surface area (Å²) in [6, 6.07) is 0. The molecular formula is C18H31NOS. The molecule has 0 radical (unpaired) electrons. The van der Waals surface area contributed by atoms with Crippen LogP contribution in [0.25, 0.3) is 0 Å². The first kappa shape index (κ1) is 17.0.